The molecule has 2 aromatic heterocycles. The summed E-state index contributed by atoms with van der Waals surface area (Å²) >= 11 is 14.3. The monoisotopic (exact) mass is 646 g/mol. The summed E-state index contributed by atoms with van der Waals surface area (Å²) in [7, 11) is 0. The Hall–Kier alpha value is -2.93. The van der Waals surface area contributed by atoms with E-state index in [9.17, 15) is 9.90 Å². The average molecular weight is 648 g/mol. The van der Waals surface area contributed by atoms with Gasteiger partial charge in [0.15, 0.2) is 6.10 Å². The van der Waals surface area contributed by atoms with Crippen LogP contribution in [0.25, 0.3) is 21.5 Å². The van der Waals surface area contributed by atoms with Crippen molar-refractivity contribution in [3.8, 4) is 22.2 Å². The van der Waals surface area contributed by atoms with E-state index in [2.05, 4.69) is 10.1 Å². The van der Waals surface area contributed by atoms with Gasteiger partial charge in [-0.3, -0.25) is 0 Å². The van der Waals surface area contributed by atoms with E-state index < -0.39 is 12.1 Å². The van der Waals surface area contributed by atoms with Crippen LogP contribution in [0.4, 0.5) is 0 Å². The van der Waals surface area contributed by atoms with Crippen molar-refractivity contribution in [2.75, 3.05) is 13.2 Å². The number of hydrogen-bond acceptors (Lipinski definition) is 10. The third-order valence-corrected chi connectivity index (χ3v) is 9.20. The van der Waals surface area contributed by atoms with Crippen molar-refractivity contribution in [2.45, 2.75) is 69.7 Å². The molecule has 3 fully saturated rings. The van der Waals surface area contributed by atoms with E-state index in [0.717, 1.165) is 24.2 Å². The van der Waals surface area contributed by atoms with Gasteiger partial charge < -0.3 is 33.3 Å². The van der Waals surface area contributed by atoms with Crippen molar-refractivity contribution in [3.63, 3.8) is 0 Å². The number of ether oxygens (including phenoxy) is 5. The van der Waals surface area contributed by atoms with Gasteiger partial charge in [-0.15, -0.1) is 0 Å². The largest absolute Gasteiger partial charge is 0.489 e. The first kappa shape index (κ1) is 28.8. The van der Waals surface area contributed by atoms with Crippen molar-refractivity contribution in [3.05, 3.63) is 57.3 Å². The van der Waals surface area contributed by atoms with Gasteiger partial charge in [-0.2, -0.15) is 4.98 Å². The molecular weight excluding hydrogens is 619 g/mol. The molecule has 1 N–H and O–H groups in total. The van der Waals surface area contributed by atoms with E-state index in [4.69, 9.17) is 51.4 Å². The second-order valence-corrected chi connectivity index (χ2v) is 12.9. The molecule has 2 aromatic carbocycles. The number of carboxylic acid groups (broad SMARTS) is 1. The first-order chi connectivity index (χ1) is 20.8. The zero-order chi connectivity index (χ0) is 29.8. The Kier molecular flexibility index (Phi) is 7.73. The molecule has 4 aromatic rings. The van der Waals surface area contributed by atoms with E-state index >= 15 is 0 Å². The quantitative estimate of drug-likeness (QED) is 0.198. The molecule has 4 heterocycles. The molecule has 1 saturated carbocycles. The number of rotatable bonds is 10. The highest BCUT2D eigenvalue weighted by molar-refractivity contribution is 7.20. The second kappa shape index (κ2) is 11.5. The minimum atomic E-state index is -1.04. The topological polar surface area (TPSA) is 122 Å². The summed E-state index contributed by atoms with van der Waals surface area (Å²) in [5, 5.41) is 15.3. The third-order valence-electron chi connectivity index (χ3n) is 7.67. The summed E-state index contributed by atoms with van der Waals surface area (Å²) in [6.07, 6.45) is 0.465. The Morgan fingerprint density at radius 1 is 1.12 bits per heavy atom. The fourth-order valence-corrected chi connectivity index (χ4v) is 7.04. The SMILES string of the molecule is CC(C)Oc1cc(C(=O)O)cc2sc(O[C@H]3CO[C@H]4[C@@H]3OC[C@@H]4OCc3c(-c4c(Cl)cccc4Cl)noc3C3CC3)nc12. The highest BCUT2D eigenvalue weighted by Gasteiger charge is 2.50. The van der Waals surface area contributed by atoms with Crippen LogP contribution in [0, 0.1) is 0 Å². The van der Waals surface area contributed by atoms with Crippen LogP contribution in [0.3, 0.4) is 0 Å². The van der Waals surface area contributed by atoms with Crippen molar-refractivity contribution in [2.24, 2.45) is 0 Å². The van der Waals surface area contributed by atoms with Gasteiger partial charge >= 0.3 is 5.97 Å². The smallest absolute Gasteiger partial charge is 0.335 e. The third kappa shape index (κ3) is 5.58. The molecule has 0 spiro atoms. The number of benzene rings is 2. The van der Waals surface area contributed by atoms with Crippen LogP contribution in [0.2, 0.25) is 10.0 Å². The molecule has 0 radical (unpaired) electrons. The van der Waals surface area contributed by atoms with Crippen LogP contribution in [0.15, 0.2) is 34.9 Å². The van der Waals surface area contributed by atoms with E-state index in [1.807, 2.05) is 13.8 Å². The molecular formula is C30H28Cl2N2O8S. The Bertz CT molecular complexity index is 1670. The molecule has 13 heteroatoms. The maximum atomic E-state index is 11.7. The highest BCUT2D eigenvalue weighted by Crippen LogP contribution is 2.46. The van der Waals surface area contributed by atoms with Crippen LogP contribution >= 0.6 is 34.5 Å². The molecule has 2 saturated heterocycles. The molecule has 0 bridgehead atoms. The molecule has 7 rings (SSSR count). The minimum absolute atomic E-state index is 0.124. The molecule has 4 atom stereocenters. The first-order valence-electron chi connectivity index (χ1n) is 14.1. The zero-order valence-corrected chi connectivity index (χ0v) is 25.6. The molecule has 10 nitrogen and oxygen atoms in total. The van der Waals surface area contributed by atoms with E-state index in [1.54, 1.807) is 24.3 Å². The fraction of sp³-hybridized carbons (Fsp3) is 0.433. The lowest BCUT2D eigenvalue weighted by molar-refractivity contribution is -0.0428. The predicted octanol–water partition coefficient (Wildman–Crippen LogP) is 6.75. The Labute approximate surface area is 260 Å². The Morgan fingerprint density at radius 2 is 1.84 bits per heavy atom. The summed E-state index contributed by atoms with van der Waals surface area (Å²) < 4.78 is 37.1. The van der Waals surface area contributed by atoms with E-state index in [0.29, 0.717) is 61.6 Å². The first-order valence-corrected chi connectivity index (χ1v) is 15.6. The molecule has 3 aliphatic rings. The molecule has 0 unspecified atom stereocenters. The molecule has 0 amide bonds. The Balaban J connectivity index is 1.06. The van der Waals surface area contributed by atoms with Gasteiger partial charge in [-0.1, -0.05) is 45.8 Å². The number of thiazole rings is 1. The number of aromatic nitrogens is 2. The number of fused-ring (bicyclic) bond motifs is 2. The van der Waals surface area contributed by atoms with Gasteiger partial charge in [-0.25, -0.2) is 4.79 Å². The number of halogens is 2. The minimum Gasteiger partial charge on any atom is -0.489 e. The average Bonchev–Trinajstić information content (AvgIpc) is 3.26. The van der Waals surface area contributed by atoms with Gasteiger partial charge in [0.05, 0.1) is 46.2 Å². The number of carbonyl (C=O) groups is 1. The van der Waals surface area contributed by atoms with Crippen LogP contribution < -0.4 is 9.47 Å². The summed E-state index contributed by atoms with van der Waals surface area (Å²) in [6, 6.07) is 8.40. The van der Waals surface area contributed by atoms with Crippen LogP contribution in [0.1, 0.15) is 54.3 Å². The van der Waals surface area contributed by atoms with Crippen molar-refractivity contribution in [1.82, 2.24) is 10.1 Å². The van der Waals surface area contributed by atoms with Gasteiger partial charge in [-0.05, 0) is 51.0 Å². The summed E-state index contributed by atoms with van der Waals surface area (Å²) in [5.41, 5.74) is 2.72. The number of carboxylic acids is 1. The summed E-state index contributed by atoms with van der Waals surface area (Å²) in [5.74, 6) is 0.471. The van der Waals surface area contributed by atoms with Crippen molar-refractivity contribution >= 4 is 50.7 Å². The second-order valence-electron chi connectivity index (χ2n) is 11.1. The Morgan fingerprint density at radius 3 is 2.53 bits per heavy atom. The fourth-order valence-electron chi connectivity index (χ4n) is 5.54. The lowest BCUT2D eigenvalue weighted by atomic mass is 10.0. The van der Waals surface area contributed by atoms with Crippen LogP contribution in [-0.4, -0.2) is 65.0 Å². The summed E-state index contributed by atoms with van der Waals surface area (Å²) in [4.78, 5) is 16.3. The van der Waals surface area contributed by atoms with Gasteiger partial charge in [0.25, 0.3) is 5.19 Å². The standard InChI is InChI=1S/C30H28Cl2N2O8S/c1-13(2)40-19-8-15(29(35)36)9-22-25(19)33-30(43-22)41-21-12-39-27-20(11-38-28(21)27)37-10-16-24(34-42-26(16)14-6-7-14)23-17(31)4-3-5-18(23)32/h3-5,8-9,13-14,20-21,27-28H,6-7,10-12H2,1-2H3,(H,35,36)/t20-,21-,27+,28+/m0/s1. The normalized spacial score (nSPS) is 23.3. The lowest BCUT2D eigenvalue weighted by Gasteiger charge is -2.17. The van der Waals surface area contributed by atoms with E-state index in [1.165, 1.54) is 17.4 Å². The number of aromatic carboxylic acids is 1. The maximum absolute atomic E-state index is 11.7. The molecule has 43 heavy (non-hydrogen) atoms. The maximum Gasteiger partial charge on any atom is 0.335 e. The lowest BCUT2D eigenvalue weighted by Crippen LogP contribution is -2.35. The zero-order valence-electron chi connectivity index (χ0n) is 23.2. The summed E-state index contributed by atoms with van der Waals surface area (Å²) in [6.45, 7) is 4.60. The van der Waals surface area contributed by atoms with E-state index in [-0.39, 0.29) is 36.6 Å². The predicted molar refractivity (Wildman–Crippen MR) is 159 cm³/mol. The van der Waals surface area contributed by atoms with Crippen LogP contribution in [0.5, 0.6) is 10.9 Å². The highest BCUT2D eigenvalue weighted by atomic mass is 35.5. The van der Waals surface area contributed by atoms with Gasteiger partial charge in [0, 0.05) is 17.0 Å². The van der Waals surface area contributed by atoms with Crippen molar-refractivity contribution in [1.29, 1.82) is 0 Å². The molecule has 226 valence electrons. The van der Waals surface area contributed by atoms with Gasteiger partial charge in [0.2, 0.25) is 0 Å². The molecule has 2 aliphatic heterocycles. The molecule has 1 aliphatic carbocycles. The van der Waals surface area contributed by atoms with Crippen molar-refractivity contribution < 1.29 is 38.1 Å². The van der Waals surface area contributed by atoms with Gasteiger partial charge in [0.1, 0.15) is 41.0 Å². The number of hydrogen-bond donors (Lipinski definition) is 1. The van der Waals surface area contributed by atoms with Crippen LogP contribution in [-0.2, 0) is 20.8 Å². The number of nitrogens with zero attached hydrogens (tertiary/aromatic N) is 2.